The van der Waals surface area contributed by atoms with Crippen molar-refractivity contribution in [3.8, 4) is 0 Å². The molecule has 3 rings (SSSR count). The van der Waals surface area contributed by atoms with E-state index in [4.69, 9.17) is 0 Å². The van der Waals surface area contributed by atoms with E-state index in [9.17, 15) is 4.79 Å². The van der Waals surface area contributed by atoms with Gasteiger partial charge in [0, 0.05) is 38.4 Å². The number of hydrogen-bond donors (Lipinski definition) is 1. The molecule has 0 saturated carbocycles. The van der Waals surface area contributed by atoms with Gasteiger partial charge in [-0.05, 0) is 52.2 Å². The van der Waals surface area contributed by atoms with Crippen LogP contribution in [0.5, 0.6) is 0 Å². The number of carbonyl (C=O) groups excluding carboxylic acids is 1. The van der Waals surface area contributed by atoms with Gasteiger partial charge in [-0.15, -0.1) is 0 Å². The number of piperazine rings is 1. The zero-order valence-electron chi connectivity index (χ0n) is 14.4. The van der Waals surface area contributed by atoms with Crippen LogP contribution in [0.1, 0.15) is 23.2 Å². The monoisotopic (exact) mass is 317 g/mol. The first-order chi connectivity index (χ1) is 11.1. The Balaban J connectivity index is 1.86. The molecule has 0 aliphatic carbocycles. The molecule has 1 amide bonds. The number of nitrogens with one attached hydrogen (secondary N) is 1. The third kappa shape index (κ3) is 3.05. The number of aromatic nitrogens is 1. The number of piperidine rings is 1. The van der Waals surface area contributed by atoms with E-state index in [0.717, 1.165) is 38.5 Å². The average Bonchev–Trinajstić information content (AvgIpc) is 2.59. The van der Waals surface area contributed by atoms with Gasteiger partial charge in [0.25, 0.3) is 5.91 Å². The smallest absolute Gasteiger partial charge is 0.254 e. The summed E-state index contributed by atoms with van der Waals surface area (Å²) in [5.74, 6) is 0.753. The maximum absolute atomic E-state index is 12.2. The molecule has 0 atom stereocenters. The molecule has 0 radical (unpaired) electrons. The first kappa shape index (κ1) is 16.2. The van der Waals surface area contributed by atoms with E-state index in [0.29, 0.717) is 5.56 Å². The normalized spacial score (nSPS) is 22.3. The molecule has 0 bridgehead atoms. The van der Waals surface area contributed by atoms with Crippen molar-refractivity contribution in [2.24, 2.45) is 0 Å². The Bertz CT molecular complexity index is 568. The summed E-state index contributed by atoms with van der Waals surface area (Å²) in [5.41, 5.74) is 0.866. The van der Waals surface area contributed by atoms with Crippen LogP contribution in [0.25, 0.3) is 0 Å². The molecule has 1 N–H and O–H groups in total. The zero-order chi connectivity index (χ0) is 16.4. The summed E-state index contributed by atoms with van der Waals surface area (Å²) in [7, 11) is 6.10. The summed E-state index contributed by atoms with van der Waals surface area (Å²) in [6, 6.07) is 3.69. The predicted octanol–water partition coefficient (Wildman–Crippen LogP) is 0.657. The number of amides is 1. The molecule has 6 nitrogen and oxygen atoms in total. The fourth-order valence-corrected chi connectivity index (χ4v) is 3.78. The van der Waals surface area contributed by atoms with Crippen LogP contribution in [0, 0.1) is 0 Å². The van der Waals surface area contributed by atoms with Crippen LogP contribution >= 0.6 is 0 Å². The maximum Gasteiger partial charge on any atom is 0.254 e. The number of hydrogen-bond acceptors (Lipinski definition) is 5. The second-order valence-corrected chi connectivity index (χ2v) is 6.82. The van der Waals surface area contributed by atoms with Gasteiger partial charge >= 0.3 is 0 Å². The number of nitrogens with zero attached hydrogens (tertiary/aromatic N) is 4. The van der Waals surface area contributed by atoms with E-state index >= 15 is 0 Å². The lowest BCUT2D eigenvalue weighted by Crippen LogP contribution is -2.64. The highest BCUT2D eigenvalue weighted by atomic mass is 16.1. The summed E-state index contributed by atoms with van der Waals surface area (Å²) in [5, 5.41) is 2.72. The standard InChI is InChI=1S/C17H27N5O/c1-18-16(23)14-5-4-8-19-15(14)22-12-11-21(3)17(13-22)6-9-20(2)10-7-17/h4-5,8H,6-7,9-13H2,1-3H3,(H,18,23). The van der Waals surface area contributed by atoms with Gasteiger partial charge < -0.3 is 15.1 Å². The molecule has 1 aromatic rings. The molecule has 2 aliphatic heterocycles. The van der Waals surface area contributed by atoms with E-state index in [-0.39, 0.29) is 11.4 Å². The maximum atomic E-state index is 12.2. The van der Waals surface area contributed by atoms with Crippen molar-refractivity contribution in [2.75, 3.05) is 58.8 Å². The molecular weight excluding hydrogens is 290 g/mol. The first-order valence-electron chi connectivity index (χ1n) is 8.37. The molecular formula is C17H27N5O. The van der Waals surface area contributed by atoms with Crippen LogP contribution in [0.15, 0.2) is 18.3 Å². The molecule has 126 valence electrons. The van der Waals surface area contributed by atoms with E-state index < -0.39 is 0 Å². The lowest BCUT2D eigenvalue weighted by Gasteiger charge is -2.53. The fourth-order valence-electron chi connectivity index (χ4n) is 3.78. The molecule has 0 aromatic carbocycles. The van der Waals surface area contributed by atoms with Gasteiger partial charge in [0.1, 0.15) is 5.82 Å². The van der Waals surface area contributed by atoms with Crippen LogP contribution in [-0.4, -0.2) is 80.1 Å². The van der Waals surface area contributed by atoms with Gasteiger partial charge in [-0.25, -0.2) is 4.98 Å². The molecule has 0 unspecified atom stereocenters. The molecule has 23 heavy (non-hydrogen) atoms. The molecule has 6 heteroatoms. The predicted molar refractivity (Wildman–Crippen MR) is 91.9 cm³/mol. The van der Waals surface area contributed by atoms with Crippen molar-refractivity contribution in [3.05, 3.63) is 23.9 Å². The number of rotatable bonds is 2. The summed E-state index contributed by atoms with van der Waals surface area (Å²) < 4.78 is 0. The number of pyridine rings is 1. The largest absolute Gasteiger partial charge is 0.355 e. The van der Waals surface area contributed by atoms with Crippen molar-refractivity contribution in [2.45, 2.75) is 18.4 Å². The van der Waals surface area contributed by atoms with Crippen molar-refractivity contribution >= 4 is 11.7 Å². The van der Waals surface area contributed by atoms with E-state index in [1.54, 1.807) is 13.2 Å². The molecule has 2 fully saturated rings. The van der Waals surface area contributed by atoms with Crippen molar-refractivity contribution in [1.82, 2.24) is 20.1 Å². The number of carbonyl (C=O) groups is 1. The highest BCUT2D eigenvalue weighted by Crippen LogP contribution is 2.33. The van der Waals surface area contributed by atoms with Gasteiger partial charge in [0.15, 0.2) is 0 Å². The summed E-state index contributed by atoms with van der Waals surface area (Å²) in [4.78, 5) is 23.9. The molecule has 1 aromatic heterocycles. The van der Waals surface area contributed by atoms with Crippen LogP contribution in [-0.2, 0) is 0 Å². The second-order valence-electron chi connectivity index (χ2n) is 6.82. The fraction of sp³-hybridized carbons (Fsp3) is 0.647. The number of anilines is 1. The van der Waals surface area contributed by atoms with Crippen LogP contribution in [0.2, 0.25) is 0 Å². The number of likely N-dealkylation sites (N-methyl/N-ethyl adjacent to an activating group) is 1. The molecule has 2 saturated heterocycles. The Labute approximate surface area is 138 Å². The van der Waals surface area contributed by atoms with E-state index in [1.807, 2.05) is 12.1 Å². The van der Waals surface area contributed by atoms with Crippen molar-refractivity contribution in [3.63, 3.8) is 0 Å². The summed E-state index contributed by atoms with van der Waals surface area (Å²) in [6.07, 6.45) is 4.11. The Hall–Kier alpha value is -1.66. The van der Waals surface area contributed by atoms with Gasteiger partial charge in [-0.3, -0.25) is 9.69 Å². The highest BCUT2D eigenvalue weighted by Gasteiger charge is 2.42. The van der Waals surface area contributed by atoms with Crippen LogP contribution in [0.3, 0.4) is 0 Å². The first-order valence-corrected chi connectivity index (χ1v) is 8.37. The van der Waals surface area contributed by atoms with Crippen molar-refractivity contribution < 1.29 is 4.79 Å². The molecule has 2 aliphatic rings. The average molecular weight is 317 g/mol. The molecule has 3 heterocycles. The van der Waals surface area contributed by atoms with Gasteiger partial charge in [-0.2, -0.15) is 0 Å². The Morgan fingerprint density at radius 3 is 2.65 bits per heavy atom. The zero-order valence-corrected chi connectivity index (χ0v) is 14.4. The minimum absolute atomic E-state index is 0.0653. The van der Waals surface area contributed by atoms with Gasteiger partial charge in [0.2, 0.25) is 0 Å². The second kappa shape index (κ2) is 6.45. The summed E-state index contributed by atoms with van der Waals surface area (Å²) in [6.45, 7) is 5.12. The Morgan fingerprint density at radius 2 is 1.96 bits per heavy atom. The minimum atomic E-state index is -0.0653. The van der Waals surface area contributed by atoms with Gasteiger partial charge in [0.05, 0.1) is 5.56 Å². The quantitative estimate of drug-likeness (QED) is 0.868. The minimum Gasteiger partial charge on any atom is -0.355 e. The summed E-state index contributed by atoms with van der Waals surface area (Å²) >= 11 is 0. The SMILES string of the molecule is CNC(=O)c1cccnc1N1CCN(C)C2(CCN(C)CC2)C1. The van der Waals surface area contributed by atoms with Crippen molar-refractivity contribution in [1.29, 1.82) is 0 Å². The van der Waals surface area contributed by atoms with E-state index in [1.165, 1.54) is 12.8 Å². The number of likely N-dealkylation sites (tertiary alicyclic amines) is 1. The third-order valence-corrected chi connectivity index (χ3v) is 5.48. The van der Waals surface area contributed by atoms with Gasteiger partial charge in [-0.1, -0.05) is 0 Å². The highest BCUT2D eigenvalue weighted by molar-refractivity contribution is 5.98. The third-order valence-electron chi connectivity index (χ3n) is 5.48. The molecule has 1 spiro atoms. The topological polar surface area (TPSA) is 51.7 Å². The lowest BCUT2D eigenvalue weighted by atomic mass is 9.84. The van der Waals surface area contributed by atoms with Crippen LogP contribution < -0.4 is 10.2 Å². The Kier molecular flexibility index (Phi) is 4.55. The van der Waals surface area contributed by atoms with E-state index in [2.05, 4.69) is 39.1 Å². The Morgan fingerprint density at radius 1 is 1.22 bits per heavy atom. The lowest BCUT2D eigenvalue weighted by molar-refractivity contribution is 0.0382. The van der Waals surface area contributed by atoms with Crippen LogP contribution in [0.4, 0.5) is 5.82 Å².